The number of piperidine rings is 2. The highest BCUT2D eigenvalue weighted by atomic mass is 35.5. The molecule has 48 heavy (non-hydrogen) atoms. The highest BCUT2D eigenvalue weighted by Gasteiger charge is 2.36. The van der Waals surface area contributed by atoms with E-state index in [1.165, 1.54) is 11.8 Å². The minimum Gasteiger partial charge on any atom is -0.489 e. The molecule has 1 aromatic carbocycles. The molecule has 3 amide bonds. The maximum absolute atomic E-state index is 13.0. The van der Waals surface area contributed by atoms with E-state index in [0.29, 0.717) is 67.4 Å². The first-order valence-electron chi connectivity index (χ1n) is 17.0. The van der Waals surface area contributed by atoms with E-state index in [0.717, 1.165) is 24.8 Å². The Labute approximate surface area is 289 Å². The van der Waals surface area contributed by atoms with Gasteiger partial charge in [0.05, 0.1) is 29.8 Å². The van der Waals surface area contributed by atoms with Crippen LogP contribution in [0.25, 0.3) is 0 Å². The van der Waals surface area contributed by atoms with Gasteiger partial charge in [0.2, 0.25) is 17.8 Å². The van der Waals surface area contributed by atoms with Gasteiger partial charge >= 0.3 is 6.09 Å². The van der Waals surface area contributed by atoms with Gasteiger partial charge in [-0.25, -0.2) is 9.78 Å². The Kier molecular flexibility index (Phi) is 12.4. The number of carbonyl (C=O) groups is 3. The van der Waals surface area contributed by atoms with Gasteiger partial charge in [-0.05, 0) is 96.4 Å². The fourth-order valence-electron chi connectivity index (χ4n) is 6.30. The molecule has 0 spiro atoms. The molecule has 0 aliphatic carbocycles. The molecule has 2 aliphatic rings. The van der Waals surface area contributed by atoms with Gasteiger partial charge in [-0.15, -0.1) is 0 Å². The summed E-state index contributed by atoms with van der Waals surface area (Å²) in [5.41, 5.74) is 2.45. The van der Waals surface area contributed by atoms with Crippen LogP contribution in [0.3, 0.4) is 0 Å². The van der Waals surface area contributed by atoms with Gasteiger partial charge in [0.1, 0.15) is 16.4 Å². The van der Waals surface area contributed by atoms with Crippen LogP contribution in [0.4, 0.5) is 22.2 Å². The Morgan fingerprint density at radius 1 is 1.08 bits per heavy atom. The topological polar surface area (TPSA) is 138 Å². The molecular formula is C35H52ClN7O5. The smallest absolute Gasteiger partial charge is 0.410 e. The molecule has 13 heteroatoms. The first kappa shape index (κ1) is 37.0. The third kappa shape index (κ3) is 9.64. The zero-order valence-electron chi connectivity index (χ0n) is 29.6. The lowest BCUT2D eigenvalue weighted by molar-refractivity contribution is -0.128. The number of nitrogens with zero attached hydrogens (tertiary/aromatic N) is 4. The summed E-state index contributed by atoms with van der Waals surface area (Å²) >= 11 is 6.65. The predicted octanol–water partition coefficient (Wildman–Crippen LogP) is 5.80. The van der Waals surface area contributed by atoms with Gasteiger partial charge in [-0.1, -0.05) is 18.5 Å². The van der Waals surface area contributed by atoms with Crippen molar-refractivity contribution in [3.05, 3.63) is 34.5 Å². The Balaban J connectivity index is 1.57. The van der Waals surface area contributed by atoms with Crippen LogP contribution in [-0.2, 0) is 14.3 Å². The fraction of sp³-hybridized carbons (Fsp3) is 0.629. The maximum Gasteiger partial charge on any atom is 0.410 e. The third-order valence-corrected chi connectivity index (χ3v) is 8.84. The Hall–Kier alpha value is -3.80. The van der Waals surface area contributed by atoms with E-state index in [-0.39, 0.29) is 29.9 Å². The summed E-state index contributed by atoms with van der Waals surface area (Å²) in [5, 5.41) is 9.37. The molecule has 0 unspecified atom stereocenters. The number of hydrogen-bond acceptors (Lipinski definition) is 9. The molecular weight excluding hydrogens is 634 g/mol. The second-order valence-corrected chi connectivity index (χ2v) is 14.5. The summed E-state index contributed by atoms with van der Waals surface area (Å²) in [6.07, 6.45) is 4.09. The highest BCUT2D eigenvalue weighted by molar-refractivity contribution is 6.32. The largest absolute Gasteiger partial charge is 0.489 e. The number of benzene rings is 1. The van der Waals surface area contributed by atoms with Crippen molar-refractivity contribution in [2.45, 2.75) is 91.8 Å². The summed E-state index contributed by atoms with van der Waals surface area (Å²) in [6.45, 7) is 16.2. The van der Waals surface area contributed by atoms with Gasteiger partial charge < -0.3 is 35.2 Å². The number of amides is 3. The maximum atomic E-state index is 13.0. The molecule has 264 valence electrons. The van der Waals surface area contributed by atoms with Crippen molar-refractivity contribution in [3.63, 3.8) is 0 Å². The molecule has 3 N–H and O–H groups in total. The SMILES string of the molecule is CCCNC(=O)[C@@H]1C[C@H](C(=O)NC)CN(c2nc(Nc3cc(C)c(C4CCN(C(=O)OC(C)(C)C)CC4)cc3OC(C)C)ncc2Cl)C1. The van der Waals surface area contributed by atoms with Crippen LogP contribution in [0, 0.1) is 18.8 Å². The summed E-state index contributed by atoms with van der Waals surface area (Å²) in [6, 6.07) is 4.13. The molecule has 0 radical (unpaired) electrons. The number of likely N-dealkylation sites (tertiary alicyclic amines) is 1. The van der Waals surface area contributed by atoms with Crippen LogP contribution in [0.15, 0.2) is 18.3 Å². The number of aromatic nitrogens is 2. The lowest BCUT2D eigenvalue weighted by Gasteiger charge is -2.37. The van der Waals surface area contributed by atoms with Crippen molar-refractivity contribution in [2.24, 2.45) is 11.8 Å². The summed E-state index contributed by atoms with van der Waals surface area (Å²) in [4.78, 5) is 51.3. The number of ether oxygens (including phenoxy) is 2. The van der Waals surface area contributed by atoms with Crippen LogP contribution in [0.5, 0.6) is 5.75 Å². The highest BCUT2D eigenvalue weighted by Crippen LogP contribution is 2.39. The molecule has 0 saturated carbocycles. The molecule has 2 aliphatic heterocycles. The average Bonchev–Trinajstić information content (AvgIpc) is 3.04. The molecule has 0 bridgehead atoms. The van der Waals surface area contributed by atoms with E-state index < -0.39 is 17.4 Å². The van der Waals surface area contributed by atoms with E-state index in [4.69, 9.17) is 26.1 Å². The predicted molar refractivity (Wildman–Crippen MR) is 188 cm³/mol. The average molecular weight is 686 g/mol. The van der Waals surface area contributed by atoms with Crippen LogP contribution in [-0.4, -0.2) is 84.3 Å². The number of aryl methyl sites for hydroxylation is 1. The number of carbonyl (C=O) groups excluding carboxylic acids is 3. The first-order chi connectivity index (χ1) is 22.7. The second kappa shape index (κ2) is 16.1. The molecule has 1 aromatic heterocycles. The lowest BCUT2D eigenvalue weighted by Crippen LogP contribution is -2.50. The first-order valence-corrected chi connectivity index (χ1v) is 17.4. The van der Waals surface area contributed by atoms with Crippen LogP contribution < -0.4 is 25.6 Å². The van der Waals surface area contributed by atoms with Gasteiger partial charge in [0.15, 0.2) is 5.82 Å². The van der Waals surface area contributed by atoms with Gasteiger partial charge in [-0.2, -0.15) is 4.98 Å². The van der Waals surface area contributed by atoms with Crippen molar-refractivity contribution in [2.75, 3.05) is 50.0 Å². The van der Waals surface area contributed by atoms with E-state index in [2.05, 4.69) is 33.9 Å². The second-order valence-electron chi connectivity index (χ2n) is 14.0. The molecule has 2 fully saturated rings. The van der Waals surface area contributed by atoms with Crippen molar-refractivity contribution in [1.29, 1.82) is 0 Å². The molecule has 4 rings (SSSR count). The fourth-order valence-corrected chi connectivity index (χ4v) is 6.51. The zero-order valence-corrected chi connectivity index (χ0v) is 30.4. The molecule has 2 saturated heterocycles. The van der Waals surface area contributed by atoms with Gasteiger partial charge in [-0.3, -0.25) is 9.59 Å². The van der Waals surface area contributed by atoms with Gasteiger partial charge in [0.25, 0.3) is 0 Å². The lowest BCUT2D eigenvalue weighted by atomic mass is 9.86. The van der Waals surface area contributed by atoms with Crippen molar-refractivity contribution in [1.82, 2.24) is 25.5 Å². The Bertz CT molecular complexity index is 1460. The normalized spacial score (nSPS) is 18.8. The van der Waals surface area contributed by atoms with E-state index in [9.17, 15) is 14.4 Å². The monoisotopic (exact) mass is 685 g/mol. The standard InChI is InChI=1S/C35H52ClN7O5/c1-9-12-38-32(45)25-16-24(31(44)37-8)19-43(20-25)30-27(36)18-39-33(41-30)40-28-15-22(4)26(17-29(28)47-21(2)3)23-10-13-42(14-11-23)34(46)48-35(5,6)7/h15,17-18,21,23-25H,9-14,16,19-20H2,1-8H3,(H,37,44)(H,38,45)(H,39,40,41)/t24-,25+/m0/s1. The quantitative estimate of drug-likeness (QED) is 0.283. The summed E-state index contributed by atoms with van der Waals surface area (Å²) < 4.78 is 11.9. The molecule has 2 atom stereocenters. The minimum atomic E-state index is -0.528. The number of hydrogen-bond donors (Lipinski definition) is 3. The van der Waals surface area contributed by atoms with Crippen molar-refractivity contribution < 1.29 is 23.9 Å². The van der Waals surface area contributed by atoms with Crippen LogP contribution in [0.2, 0.25) is 5.02 Å². The van der Waals surface area contributed by atoms with Gasteiger partial charge in [0, 0.05) is 39.8 Å². The minimum absolute atomic E-state index is 0.0809. The Morgan fingerprint density at radius 3 is 2.35 bits per heavy atom. The van der Waals surface area contributed by atoms with E-state index in [1.54, 1.807) is 11.9 Å². The molecule has 2 aromatic rings. The Morgan fingerprint density at radius 2 is 1.75 bits per heavy atom. The molecule has 3 heterocycles. The number of halogens is 1. The number of rotatable bonds is 10. The third-order valence-electron chi connectivity index (χ3n) is 8.58. The van der Waals surface area contributed by atoms with Crippen molar-refractivity contribution >= 4 is 47.0 Å². The zero-order chi connectivity index (χ0) is 35.2. The van der Waals surface area contributed by atoms with Crippen LogP contribution in [0.1, 0.15) is 84.3 Å². The van der Waals surface area contributed by atoms with Crippen LogP contribution >= 0.6 is 11.6 Å². The van der Waals surface area contributed by atoms with Crippen molar-refractivity contribution in [3.8, 4) is 5.75 Å². The summed E-state index contributed by atoms with van der Waals surface area (Å²) in [7, 11) is 1.60. The van der Waals surface area contributed by atoms with E-state index >= 15 is 0 Å². The number of nitrogens with one attached hydrogen (secondary N) is 3. The van der Waals surface area contributed by atoms with E-state index in [1.807, 2.05) is 52.5 Å². The summed E-state index contributed by atoms with van der Waals surface area (Å²) in [5.74, 6) is 0.695. The molecule has 12 nitrogen and oxygen atoms in total. The number of anilines is 3.